The number of methoxy groups -OCH3 is 4. The van der Waals surface area contributed by atoms with Gasteiger partial charge in [-0.15, -0.1) is 0 Å². The Labute approximate surface area is 208 Å². The third-order valence-corrected chi connectivity index (χ3v) is 8.27. The number of aldehydes is 1. The highest BCUT2D eigenvalue weighted by atomic mass is 16.5. The molecule has 0 aliphatic heterocycles. The minimum atomic E-state index is -1.64. The number of esters is 4. The van der Waals surface area contributed by atoms with Gasteiger partial charge in [0.1, 0.15) is 6.29 Å². The number of hydrogen-bond donors (Lipinski definition) is 0. The molecule has 0 N–H and O–H groups in total. The van der Waals surface area contributed by atoms with Crippen LogP contribution in [-0.2, 0) is 42.9 Å². The molecule has 36 heavy (non-hydrogen) atoms. The zero-order valence-corrected chi connectivity index (χ0v) is 21.5. The summed E-state index contributed by atoms with van der Waals surface area (Å²) in [5.74, 6) is -3.87. The third kappa shape index (κ3) is 2.52. The zero-order chi connectivity index (χ0) is 27.0. The van der Waals surface area contributed by atoms with Crippen molar-refractivity contribution in [2.24, 2.45) is 22.2 Å². The molecule has 0 aromatic rings. The number of ether oxygens (including phenoxy) is 4. The Morgan fingerprint density at radius 3 is 1.78 bits per heavy atom. The van der Waals surface area contributed by atoms with Crippen LogP contribution in [0.25, 0.3) is 0 Å². The van der Waals surface area contributed by atoms with E-state index in [0.717, 1.165) is 5.57 Å². The van der Waals surface area contributed by atoms with E-state index in [1.54, 1.807) is 32.9 Å². The lowest BCUT2D eigenvalue weighted by Gasteiger charge is -2.47. The van der Waals surface area contributed by atoms with Crippen molar-refractivity contribution in [3.63, 3.8) is 0 Å². The number of carbonyl (C=O) groups excluding carboxylic acids is 5. The molecule has 4 unspecified atom stereocenters. The summed E-state index contributed by atoms with van der Waals surface area (Å²) in [4.78, 5) is 66.1. The van der Waals surface area contributed by atoms with E-state index in [0.29, 0.717) is 17.4 Å². The molecule has 0 fully saturated rings. The van der Waals surface area contributed by atoms with Crippen LogP contribution in [0.1, 0.15) is 27.7 Å². The first kappa shape index (κ1) is 25.3. The summed E-state index contributed by atoms with van der Waals surface area (Å²) in [5.41, 5.74) is -2.38. The van der Waals surface area contributed by atoms with Crippen LogP contribution in [0.5, 0.6) is 0 Å². The van der Waals surface area contributed by atoms with Crippen LogP contribution in [-0.4, -0.2) is 58.6 Å². The lowest BCUT2D eigenvalue weighted by atomic mass is 9.52. The Hall–Kier alpha value is -3.75. The molecule has 0 saturated carbocycles. The van der Waals surface area contributed by atoms with Gasteiger partial charge < -0.3 is 18.9 Å². The average Bonchev–Trinajstić information content (AvgIpc) is 3.22. The molecule has 5 rings (SSSR count). The molecule has 5 aliphatic rings. The van der Waals surface area contributed by atoms with Gasteiger partial charge in [0.15, 0.2) is 0 Å². The van der Waals surface area contributed by atoms with Gasteiger partial charge in [0.05, 0.1) is 56.1 Å². The second-order valence-electron chi connectivity index (χ2n) is 9.76. The van der Waals surface area contributed by atoms with Crippen LogP contribution in [0.4, 0.5) is 0 Å². The van der Waals surface area contributed by atoms with Crippen molar-refractivity contribution in [3.05, 3.63) is 56.7 Å². The van der Waals surface area contributed by atoms with Gasteiger partial charge in [0, 0.05) is 22.3 Å². The highest BCUT2D eigenvalue weighted by Gasteiger charge is 2.75. The maximum atomic E-state index is 13.5. The SMILES string of the molecule is COC(=O)C1=C(C(=O)OC)C2(C)C=C(C)C1C(C)=C1C3(C)C=C(C=O)C12C(C(=O)OC)=C3C(=O)OC. The molecule has 0 aromatic carbocycles. The first-order chi connectivity index (χ1) is 16.9. The van der Waals surface area contributed by atoms with Crippen LogP contribution in [0.15, 0.2) is 56.7 Å². The summed E-state index contributed by atoms with van der Waals surface area (Å²) in [6.45, 7) is 6.96. The number of rotatable bonds is 5. The molecule has 190 valence electrons. The minimum Gasteiger partial charge on any atom is -0.466 e. The summed E-state index contributed by atoms with van der Waals surface area (Å²) in [6, 6.07) is 0. The van der Waals surface area contributed by atoms with Gasteiger partial charge in [-0.1, -0.05) is 30.2 Å². The molecule has 4 atom stereocenters. The molecule has 0 amide bonds. The van der Waals surface area contributed by atoms with Crippen LogP contribution >= 0.6 is 0 Å². The lowest BCUT2D eigenvalue weighted by Crippen LogP contribution is -2.48. The van der Waals surface area contributed by atoms with Crippen molar-refractivity contribution >= 4 is 30.2 Å². The van der Waals surface area contributed by atoms with E-state index in [1.807, 2.05) is 6.92 Å². The van der Waals surface area contributed by atoms with Crippen molar-refractivity contribution in [1.29, 1.82) is 0 Å². The average molecular weight is 497 g/mol. The number of allylic oxidation sites excluding steroid dienone is 6. The van der Waals surface area contributed by atoms with Crippen molar-refractivity contribution in [3.8, 4) is 0 Å². The standard InChI is InChI=1S/C27H28O9/c1-12-9-26(4)17(22(30)34-6)16(21(29)33-5)15(12)13(2)20-25(3)10-14(11-28)27(20,26)19(24(32)36-8)18(25)23(31)35-7/h9-11,15H,1-8H3. The Morgan fingerprint density at radius 1 is 0.778 bits per heavy atom. The summed E-state index contributed by atoms with van der Waals surface area (Å²) < 4.78 is 20.5. The van der Waals surface area contributed by atoms with Gasteiger partial charge in [-0.25, -0.2) is 19.2 Å². The zero-order valence-electron chi connectivity index (χ0n) is 21.5. The molecule has 5 aliphatic carbocycles. The van der Waals surface area contributed by atoms with Crippen molar-refractivity contribution in [1.82, 2.24) is 0 Å². The normalized spacial score (nSPS) is 31.9. The van der Waals surface area contributed by atoms with Crippen molar-refractivity contribution < 1.29 is 42.9 Å². The fraction of sp³-hybridized carbons (Fsp3) is 0.444. The van der Waals surface area contributed by atoms with Crippen molar-refractivity contribution in [2.45, 2.75) is 27.7 Å². The maximum Gasteiger partial charge on any atom is 0.335 e. The third-order valence-electron chi connectivity index (χ3n) is 8.27. The molecule has 4 bridgehead atoms. The fourth-order valence-corrected chi connectivity index (χ4v) is 7.37. The van der Waals surface area contributed by atoms with Gasteiger partial charge in [0.2, 0.25) is 0 Å². The molecular formula is C27H28O9. The van der Waals surface area contributed by atoms with E-state index in [2.05, 4.69) is 0 Å². The largest absolute Gasteiger partial charge is 0.466 e. The van der Waals surface area contributed by atoms with Crippen molar-refractivity contribution in [2.75, 3.05) is 28.4 Å². The summed E-state index contributed by atoms with van der Waals surface area (Å²) in [6.07, 6.45) is 4.04. The minimum absolute atomic E-state index is 0.0282. The number of hydrogen-bond acceptors (Lipinski definition) is 9. The van der Waals surface area contributed by atoms with Crippen LogP contribution in [0, 0.1) is 22.2 Å². The number of carbonyl (C=O) groups is 5. The maximum absolute atomic E-state index is 13.5. The van der Waals surface area contributed by atoms with Crippen LogP contribution < -0.4 is 0 Å². The molecule has 0 heterocycles. The molecule has 9 nitrogen and oxygen atoms in total. The van der Waals surface area contributed by atoms with E-state index in [9.17, 15) is 24.0 Å². The molecule has 9 heteroatoms. The van der Waals surface area contributed by atoms with Gasteiger partial charge in [-0.3, -0.25) is 4.79 Å². The van der Waals surface area contributed by atoms with E-state index < -0.39 is 46.0 Å². The second kappa shape index (κ2) is 7.88. The van der Waals surface area contributed by atoms with E-state index in [1.165, 1.54) is 28.4 Å². The molecule has 0 aromatic heterocycles. The molecular weight excluding hydrogens is 468 g/mol. The smallest absolute Gasteiger partial charge is 0.335 e. The Morgan fingerprint density at radius 2 is 1.28 bits per heavy atom. The summed E-state index contributed by atoms with van der Waals surface area (Å²) in [7, 11) is 4.77. The predicted octanol–water partition coefficient (Wildman–Crippen LogP) is 2.33. The second-order valence-corrected chi connectivity index (χ2v) is 9.76. The first-order valence-corrected chi connectivity index (χ1v) is 11.3. The van der Waals surface area contributed by atoms with Gasteiger partial charge in [-0.2, -0.15) is 0 Å². The Kier molecular flexibility index (Phi) is 5.55. The first-order valence-electron chi connectivity index (χ1n) is 11.3. The highest BCUT2D eigenvalue weighted by Crippen LogP contribution is 2.77. The molecule has 0 spiro atoms. The van der Waals surface area contributed by atoms with E-state index in [4.69, 9.17) is 18.9 Å². The Balaban J connectivity index is 2.34. The van der Waals surface area contributed by atoms with Gasteiger partial charge >= 0.3 is 23.9 Å². The van der Waals surface area contributed by atoms with Gasteiger partial charge in [-0.05, 0) is 26.3 Å². The van der Waals surface area contributed by atoms with E-state index >= 15 is 0 Å². The predicted molar refractivity (Wildman–Crippen MR) is 125 cm³/mol. The topological polar surface area (TPSA) is 122 Å². The van der Waals surface area contributed by atoms with E-state index in [-0.39, 0.29) is 27.9 Å². The van der Waals surface area contributed by atoms with Crippen LogP contribution in [0.2, 0.25) is 0 Å². The summed E-state index contributed by atoms with van der Waals surface area (Å²) in [5, 5.41) is 0. The quantitative estimate of drug-likeness (QED) is 0.244. The molecule has 0 radical (unpaired) electrons. The fourth-order valence-electron chi connectivity index (χ4n) is 7.37. The monoisotopic (exact) mass is 496 g/mol. The highest BCUT2D eigenvalue weighted by molar-refractivity contribution is 6.13. The van der Waals surface area contributed by atoms with Crippen LogP contribution in [0.3, 0.4) is 0 Å². The summed E-state index contributed by atoms with van der Waals surface area (Å²) >= 11 is 0. The molecule has 0 saturated heterocycles. The Bertz CT molecular complexity index is 1320. The lowest BCUT2D eigenvalue weighted by molar-refractivity contribution is -0.142. The van der Waals surface area contributed by atoms with Gasteiger partial charge in [0.25, 0.3) is 0 Å².